The highest BCUT2D eigenvalue weighted by Crippen LogP contribution is 2.31. The Bertz CT molecular complexity index is 618. The highest BCUT2D eigenvalue weighted by Gasteiger charge is 2.31. The number of primary amides is 1. The number of nitrogens with zero attached hydrogens (tertiary/aromatic N) is 1. The number of aromatic nitrogens is 1. The SMILES string of the molecule is CC1(O)CCC(Nc2ccnc(C[C@@H](F)C(C)(C)O)c2C(N)=O)CC1. The number of nitrogens with two attached hydrogens (primary N) is 1. The molecule has 1 aromatic heterocycles. The normalized spacial score (nSPS) is 25.4. The predicted octanol–water partition coefficient (Wildman–Crippen LogP) is 1.94. The topological polar surface area (TPSA) is 108 Å². The monoisotopic (exact) mass is 353 g/mol. The molecule has 0 radical (unpaired) electrons. The second kappa shape index (κ2) is 7.25. The summed E-state index contributed by atoms with van der Waals surface area (Å²) >= 11 is 0. The van der Waals surface area contributed by atoms with E-state index in [-0.39, 0.29) is 23.7 Å². The Kier molecular flexibility index (Phi) is 5.68. The summed E-state index contributed by atoms with van der Waals surface area (Å²) in [5.41, 5.74) is 4.23. The molecule has 1 heterocycles. The quantitative estimate of drug-likeness (QED) is 0.625. The molecule has 1 saturated carbocycles. The number of halogens is 1. The zero-order chi connectivity index (χ0) is 18.8. The number of pyridine rings is 1. The number of amides is 1. The Morgan fingerprint density at radius 3 is 2.64 bits per heavy atom. The molecule has 1 aromatic rings. The van der Waals surface area contributed by atoms with E-state index in [0.29, 0.717) is 18.5 Å². The number of hydrogen-bond acceptors (Lipinski definition) is 5. The standard InChI is InChI=1S/C18H28FN3O3/c1-17(2,24)14(19)10-13-15(16(20)23)12(6-9-21-13)22-11-4-7-18(3,25)8-5-11/h6,9,11,14,24-25H,4-5,7-8,10H2,1-3H3,(H2,20,23)(H,21,22)/t11?,14-,18?/m1/s1. The lowest BCUT2D eigenvalue weighted by Crippen LogP contribution is -2.37. The molecule has 0 aliphatic heterocycles. The predicted molar refractivity (Wildman–Crippen MR) is 94.2 cm³/mol. The van der Waals surface area contributed by atoms with Gasteiger partial charge in [-0.3, -0.25) is 9.78 Å². The first-order valence-corrected chi connectivity index (χ1v) is 8.62. The summed E-state index contributed by atoms with van der Waals surface area (Å²) in [5, 5.41) is 23.1. The second-order valence-corrected chi connectivity index (χ2v) is 7.79. The average Bonchev–Trinajstić information content (AvgIpc) is 2.48. The smallest absolute Gasteiger partial charge is 0.252 e. The van der Waals surface area contributed by atoms with Gasteiger partial charge in [0.1, 0.15) is 6.17 Å². The van der Waals surface area contributed by atoms with Gasteiger partial charge in [0.2, 0.25) is 0 Å². The molecule has 1 atom stereocenters. The van der Waals surface area contributed by atoms with E-state index in [1.54, 1.807) is 6.07 Å². The van der Waals surface area contributed by atoms with Crippen LogP contribution in [-0.2, 0) is 6.42 Å². The molecular weight excluding hydrogens is 325 g/mol. The summed E-state index contributed by atoms with van der Waals surface area (Å²) in [6.45, 7) is 4.57. The third kappa shape index (κ3) is 5.12. The van der Waals surface area contributed by atoms with Gasteiger partial charge >= 0.3 is 0 Å². The van der Waals surface area contributed by atoms with E-state index in [4.69, 9.17) is 5.73 Å². The highest BCUT2D eigenvalue weighted by atomic mass is 19.1. The molecule has 0 spiro atoms. The molecule has 1 aliphatic rings. The van der Waals surface area contributed by atoms with Gasteiger partial charge in [-0.1, -0.05) is 0 Å². The van der Waals surface area contributed by atoms with Crippen LogP contribution in [0.1, 0.15) is 62.5 Å². The van der Waals surface area contributed by atoms with Gasteiger partial charge in [-0.15, -0.1) is 0 Å². The van der Waals surface area contributed by atoms with Gasteiger partial charge in [-0.25, -0.2) is 4.39 Å². The molecule has 0 saturated heterocycles. The Balaban J connectivity index is 2.21. The van der Waals surface area contributed by atoms with Crippen LogP contribution in [0.3, 0.4) is 0 Å². The number of alkyl halides is 1. The summed E-state index contributed by atoms with van der Waals surface area (Å²) in [4.78, 5) is 16.0. The number of nitrogens with one attached hydrogen (secondary N) is 1. The number of aliphatic hydroxyl groups is 2. The van der Waals surface area contributed by atoms with E-state index in [1.165, 1.54) is 20.0 Å². The number of carbonyl (C=O) groups excluding carboxylic acids is 1. The van der Waals surface area contributed by atoms with Gasteiger partial charge in [-0.2, -0.15) is 0 Å². The Labute approximate surface area is 147 Å². The van der Waals surface area contributed by atoms with E-state index in [1.807, 2.05) is 6.92 Å². The van der Waals surface area contributed by atoms with Crippen molar-refractivity contribution < 1.29 is 19.4 Å². The van der Waals surface area contributed by atoms with Gasteiger partial charge in [0, 0.05) is 18.7 Å². The van der Waals surface area contributed by atoms with Gasteiger partial charge in [0.05, 0.1) is 28.1 Å². The van der Waals surface area contributed by atoms with E-state index < -0.39 is 23.3 Å². The number of hydrogen-bond donors (Lipinski definition) is 4. The van der Waals surface area contributed by atoms with Crippen LogP contribution in [0.25, 0.3) is 0 Å². The first-order chi connectivity index (χ1) is 11.5. The maximum absolute atomic E-state index is 14.2. The molecule has 5 N–H and O–H groups in total. The van der Waals surface area contributed by atoms with Crippen molar-refractivity contribution in [3.05, 3.63) is 23.5 Å². The Morgan fingerprint density at radius 2 is 2.12 bits per heavy atom. The average molecular weight is 353 g/mol. The summed E-state index contributed by atoms with van der Waals surface area (Å²) < 4.78 is 14.2. The van der Waals surface area contributed by atoms with Crippen molar-refractivity contribution in [2.24, 2.45) is 5.73 Å². The van der Waals surface area contributed by atoms with Crippen LogP contribution in [0.4, 0.5) is 10.1 Å². The van der Waals surface area contributed by atoms with E-state index in [9.17, 15) is 19.4 Å². The first kappa shape index (κ1) is 19.6. The van der Waals surface area contributed by atoms with E-state index >= 15 is 0 Å². The maximum atomic E-state index is 14.2. The van der Waals surface area contributed by atoms with Crippen LogP contribution < -0.4 is 11.1 Å². The molecule has 7 heteroatoms. The van der Waals surface area contributed by atoms with Crippen molar-refractivity contribution >= 4 is 11.6 Å². The fourth-order valence-corrected chi connectivity index (χ4v) is 3.08. The molecule has 1 fully saturated rings. The summed E-state index contributed by atoms with van der Waals surface area (Å²) in [5.74, 6) is -0.684. The van der Waals surface area contributed by atoms with Crippen molar-refractivity contribution in [3.63, 3.8) is 0 Å². The summed E-state index contributed by atoms with van der Waals surface area (Å²) in [6.07, 6.45) is 2.59. The zero-order valence-electron chi connectivity index (χ0n) is 15.1. The second-order valence-electron chi connectivity index (χ2n) is 7.79. The number of rotatable bonds is 6. The van der Waals surface area contributed by atoms with Crippen LogP contribution >= 0.6 is 0 Å². The van der Waals surface area contributed by atoms with Crippen molar-refractivity contribution in [1.82, 2.24) is 4.98 Å². The van der Waals surface area contributed by atoms with Crippen molar-refractivity contribution in [3.8, 4) is 0 Å². The third-order valence-corrected chi connectivity index (χ3v) is 4.84. The number of carbonyl (C=O) groups is 1. The van der Waals surface area contributed by atoms with Gasteiger partial charge in [-0.05, 0) is 52.5 Å². The summed E-state index contributed by atoms with van der Waals surface area (Å²) in [6, 6.07) is 1.75. The van der Waals surface area contributed by atoms with Crippen molar-refractivity contribution in [1.29, 1.82) is 0 Å². The maximum Gasteiger partial charge on any atom is 0.252 e. The fraction of sp³-hybridized carbons (Fsp3) is 0.667. The largest absolute Gasteiger partial charge is 0.390 e. The van der Waals surface area contributed by atoms with Crippen molar-refractivity contribution in [2.45, 2.75) is 76.3 Å². The molecule has 140 valence electrons. The van der Waals surface area contributed by atoms with Crippen molar-refractivity contribution in [2.75, 3.05) is 5.32 Å². The van der Waals surface area contributed by atoms with E-state index in [2.05, 4.69) is 10.3 Å². The molecular formula is C18H28FN3O3. The van der Waals surface area contributed by atoms with E-state index in [0.717, 1.165) is 12.8 Å². The molecule has 0 bridgehead atoms. The minimum Gasteiger partial charge on any atom is -0.390 e. The van der Waals surface area contributed by atoms with Crippen LogP contribution in [0.5, 0.6) is 0 Å². The van der Waals surface area contributed by atoms with Gasteiger partial charge in [0.25, 0.3) is 5.91 Å². The lowest BCUT2D eigenvalue weighted by atomic mass is 9.83. The zero-order valence-corrected chi connectivity index (χ0v) is 15.1. The van der Waals surface area contributed by atoms with Crippen LogP contribution in [0.15, 0.2) is 12.3 Å². The van der Waals surface area contributed by atoms with Crippen LogP contribution in [0, 0.1) is 0 Å². The molecule has 1 aliphatic carbocycles. The van der Waals surface area contributed by atoms with Gasteiger partial charge in [0.15, 0.2) is 0 Å². The first-order valence-electron chi connectivity index (χ1n) is 8.62. The molecule has 2 rings (SSSR count). The Morgan fingerprint density at radius 1 is 1.52 bits per heavy atom. The molecule has 1 amide bonds. The molecule has 0 unspecified atom stereocenters. The third-order valence-electron chi connectivity index (χ3n) is 4.84. The molecule has 6 nitrogen and oxygen atoms in total. The van der Waals surface area contributed by atoms with Crippen LogP contribution in [0.2, 0.25) is 0 Å². The van der Waals surface area contributed by atoms with Crippen LogP contribution in [-0.4, -0.2) is 44.5 Å². The minimum absolute atomic E-state index is 0.101. The van der Waals surface area contributed by atoms with Gasteiger partial charge < -0.3 is 21.3 Å². The Hall–Kier alpha value is -1.73. The minimum atomic E-state index is -1.57. The highest BCUT2D eigenvalue weighted by molar-refractivity contribution is 5.99. The fourth-order valence-electron chi connectivity index (χ4n) is 3.08. The lowest BCUT2D eigenvalue weighted by molar-refractivity contribution is -0.00307. The molecule has 25 heavy (non-hydrogen) atoms. The molecule has 0 aromatic carbocycles. The number of anilines is 1. The summed E-state index contributed by atoms with van der Waals surface area (Å²) in [7, 11) is 0. The lowest BCUT2D eigenvalue weighted by Gasteiger charge is -2.34.